The SMILES string of the molecule is CCCC(C)NC(=O)C(c1ccc(C)c(C)c1)N(C(=O)CNC(=O)OC(C)(C)C)C(C)(C)CC. The van der Waals surface area contributed by atoms with Crippen LogP contribution in [0.2, 0.25) is 0 Å². The molecule has 2 atom stereocenters. The lowest BCUT2D eigenvalue weighted by atomic mass is 9.91. The zero-order chi connectivity index (χ0) is 26.3. The minimum atomic E-state index is -0.832. The van der Waals surface area contributed by atoms with E-state index in [-0.39, 0.29) is 24.4 Å². The first-order chi connectivity index (χ1) is 15.6. The molecule has 1 aromatic carbocycles. The molecule has 1 rings (SSSR count). The normalized spacial score (nSPS) is 13.6. The van der Waals surface area contributed by atoms with Crippen LogP contribution in [0.15, 0.2) is 18.2 Å². The van der Waals surface area contributed by atoms with Gasteiger partial charge in [0.15, 0.2) is 0 Å². The van der Waals surface area contributed by atoms with Gasteiger partial charge in [0, 0.05) is 11.6 Å². The number of amides is 3. The van der Waals surface area contributed by atoms with Crippen molar-refractivity contribution >= 4 is 17.9 Å². The third-order valence-corrected chi connectivity index (χ3v) is 6.03. The minimum absolute atomic E-state index is 0.0203. The van der Waals surface area contributed by atoms with Crippen LogP contribution in [0.25, 0.3) is 0 Å². The second-order valence-corrected chi connectivity index (χ2v) is 10.7. The third-order valence-electron chi connectivity index (χ3n) is 6.03. The topological polar surface area (TPSA) is 87.7 Å². The van der Waals surface area contributed by atoms with Crippen LogP contribution < -0.4 is 10.6 Å². The first kappa shape index (κ1) is 29.5. The van der Waals surface area contributed by atoms with Crippen molar-refractivity contribution in [1.82, 2.24) is 15.5 Å². The predicted octanol–water partition coefficient (Wildman–Crippen LogP) is 5.19. The van der Waals surface area contributed by atoms with E-state index in [0.717, 1.165) is 29.5 Å². The zero-order valence-corrected chi connectivity index (χ0v) is 22.8. The maximum atomic E-state index is 13.6. The van der Waals surface area contributed by atoms with Gasteiger partial charge in [0.05, 0.1) is 0 Å². The number of hydrogen-bond acceptors (Lipinski definition) is 4. The lowest BCUT2D eigenvalue weighted by Crippen LogP contribution is -2.56. The third kappa shape index (κ3) is 8.65. The van der Waals surface area contributed by atoms with Gasteiger partial charge in [-0.3, -0.25) is 9.59 Å². The standard InChI is InChI=1S/C27H45N3O4/c1-11-13-20(5)29-24(32)23(21-15-14-18(3)19(4)16-21)30(27(9,10)12-2)22(31)17-28-25(33)34-26(6,7)8/h14-16,20,23H,11-13,17H2,1-10H3,(H,28,33)(H,29,32). The fourth-order valence-electron chi connectivity index (χ4n) is 3.73. The van der Waals surface area contributed by atoms with E-state index in [4.69, 9.17) is 4.74 Å². The van der Waals surface area contributed by atoms with Crippen molar-refractivity contribution in [1.29, 1.82) is 0 Å². The van der Waals surface area contributed by atoms with Crippen molar-refractivity contribution in [3.8, 4) is 0 Å². The highest BCUT2D eigenvalue weighted by atomic mass is 16.6. The van der Waals surface area contributed by atoms with Crippen LogP contribution in [0.1, 0.15) is 97.4 Å². The minimum Gasteiger partial charge on any atom is -0.444 e. The molecule has 1 aromatic rings. The van der Waals surface area contributed by atoms with Crippen LogP contribution in [0.4, 0.5) is 4.79 Å². The Bertz CT molecular complexity index is 858. The van der Waals surface area contributed by atoms with E-state index in [2.05, 4.69) is 17.6 Å². The molecule has 7 heteroatoms. The quantitative estimate of drug-likeness (QED) is 0.487. The number of aryl methyl sites for hydroxylation is 2. The van der Waals surface area contributed by atoms with Gasteiger partial charge in [-0.05, 0) is 84.9 Å². The molecule has 0 saturated carbocycles. The maximum absolute atomic E-state index is 13.6. The van der Waals surface area contributed by atoms with E-state index in [1.54, 1.807) is 25.7 Å². The summed E-state index contributed by atoms with van der Waals surface area (Å²) in [5.41, 5.74) is 1.59. The van der Waals surface area contributed by atoms with Crippen LogP contribution in [0.3, 0.4) is 0 Å². The molecule has 0 radical (unpaired) electrons. The highest BCUT2D eigenvalue weighted by Crippen LogP contribution is 2.32. The Morgan fingerprint density at radius 3 is 2.15 bits per heavy atom. The van der Waals surface area contributed by atoms with Gasteiger partial charge < -0.3 is 20.3 Å². The highest BCUT2D eigenvalue weighted by molar-refractivity contribution is 5.91. The van der Waals surface area contributed by atoms with Gasteiger partial charge in [0.25, 0.3) is 0 Å². The Balaban J connectivity index is 3.41. The van der Waals surface area contributed by atoms with E-state index in [1.807, 2.05) is 59.7 Å². The second-order valence-electron chi connectivity index (χ2n) is 10.7. The van der Waals surface area contributed by atoms with Gasteiger partial charge in [0.2, 0.25) is 11.8 Å². The molecule has 0 aliphatic rings. The summed E-state index contributed by atoms with van der Waals surface area (Å²) in [6.45, 7) is 18.9. The monoisotopic (exact) mass is 475 g/mol. The molecular formula is C27H45N3O4. The van der Waals surface area contributed by atoms with Crippen LogP contribution in [-0.4, -0.2) is 46.5 Å². The molecule has 3 amide bonds. The molecule has 34 heavy (non-hydrogen) atoms. The summed E-state index contributed by atoms with van der Waals surface area (Å²) >= 11 is 0. The van der Waals surface area contributed by atoms with Crippen molar-refractivity contribution in [2.75, 3.05) is 6.54 Å². The Morgan fingerprint density at radius 1 is 1.03 bits per heavy atom. The van der Waals surface area contributed by atoms with E-state index in [9.17, 15) is 14.4 Å². The molecule has 7 nitrogen and oxygen atoms in total. The average molecular weight is 476 g/mol. The van der Waals surface area contributed by atoms with Crippen molar-refractivity contribution in [3.63, 3.8) is 0 Å². The highest BCUT2D eigenvalue weighted by Gasteiger charge is 2.40. The fourth-order valence-corrected chi connectivity index (χ4v) is 3.73. The Hall–Kier alpha value is -2.57. The molecule has 0 fully saturated rings. The summed E-state index contributed by atoms with van der Waals surface area (Å²) in [7, 11) is 0. The summed E-state index contributed by atoms with van der Waals surface area (Å²) < 4.78 is 5.28. The first-order valence-electron chi connectivity index (χ1n) is 12.3. The second kappa shape index (κ2) is 12.2. The summed E-state index contributed by atoms with van der Waals surface area (Å²) in [5, 5.41) is 5.65. The van der Waals surface area contributed by atoms with Crippen molar-refractivity contribution in [2.45, 2.75) is 112 Å². The summed E-state index contributed by atoms with van der Waals surface area (Å²) in [6.07, 6.45) is 1.75. The molecule has 2 unspecified atom stereocenters. The van der Waals surface area contributed by atoms with Crippen LogP contribution in [0, 0.1) is 13.8 Å². The van der Waals surface area contributed by atoms with Gasteiger partial charge >= 0.3 is 6.09 Å². The van der Waals surface area contributed by atoms with Crippen LogP contribution in [-0.2, 0) is 14.3 Å². The first-order valence-corrected chi connectivity index (χ1v) is 12.3. The number of rotatable bonds is 10. The number of hydrogen-bond donors (Lipinski definition) is 2. The number of nitrogens with zero attached hydrogens (tertiary/aromatic N) is 1. The molecule has 0 bridgehead atoms. The van der Waals surface area contributed by atoms with Gasteiger partial charge in [-0.25, -0.2) is 4.79 Å². The maximum Gasteiger partial charge on any atom is 0.408 e. The lowest BCUT2D eigenvalue weighted by Gasteiger charge is -2.43. The van der Waals surface area contributed by atoms with E-state index in [0.29, 0.717) is 6.42 Å². The van der Waals surface area contributed by atoms with E-state index in [1.165, 1.54) is 0 Å². The van der Waals surface area contributed by atoms with Crippen molar-refractivity contribution in [3.05, 3.63) is 34.9 Å². The van der Waals surface area contributed by atoms with Gasteiger partial charge in [0.1, 0.15) is 18.2 Å². The molecule has 0 spiro atoms. The number of ether oxygens (including phenoxy) is 1. The zero-order valence-electron chi connectivity index (χ0n) is 22.8. The number of benzene rings is 1. The largest absolute Gasteiger partial charge is 0.444 e. The summed E-state index contributed by atoms with van der Waals surface area (Å²) in [6, 6.07) is 5.00. The van der Waals surface area contributed by atoms with Gasteiger partial charge in [-0.15, -0.1) is 0 Å². The van der Waals surface area contributed by atoms with E-state index >= 15 is 0 Å². The molecule has 192 valence electrons. The Kier molecular flexibility index (Phi) is 10.6. The molecule has 0 aliphatic heterocycles. The van der Waals surface area contributed by atoms with Crippen molar-refractivity contribution in [2.24, 2.45) is 0 Å². The number of carbonyl (C=O) groups excluding carboxylic acids is 3. The van der Waals surface area contributed by atoms with E-state index < -0.39 is 23.3 Å². The molecule has 0 aromatic heterocycles. The Morgan fingerprint density at radius 2 is 1.65 bits per heavy atom. The fraction of sp³-hybridized carbons (Fsp3) is 0.667. The lowest BCUT2D eigenvalue weighted by molar-refractivity contribution is -0.147. The molecule has 0 aliphatic carbocycles. The predicted molar refractivity (Wildman–Crippen MR) is 137 cm³/mol. The van der Waals surface area contributed by atoms with Crippen LogP contribution >= 0.6 is 0 Å². The Labute approximate surface area is 206 Å². The van der Waals surface area contributed by atoms with Gasteiger partial charge in [-0.2, -0.15) is 0 Å². The average Bonchev–Trinajstić information content (AvgIpc) is 2.71. The number of nitrogens with one attached hydrogen (secondary N) is 2. The molecule has 0 heterocycles. The van der Waals surface area contributed by atoms with Crippen molar-refractivity contribution < 1.29 is 19.1 Å². The van der Waals surface area contributed by atoms with Gasteiger partial charge in [-0.1, -0.05) is 38.5 Å². The summed E-state index contributed by atoms with van der Waals surface area (Å²) in [5.74, 6) is -0.574. The smallest absolute Gasteiger partial charge is 0.408 e. The molecular weight excluding hydrogens is 430 g/mol. The molecule has 0 saturated heterocycles. The summed E-state index contributed by atoms with van der Waals surface area (Å²) in [4.78, 5) is 41.0. The van der Waals surface area contributed by atoms with Crippen LogP contribution in [0.5, 0.6) is 0 Å². The number of alkyl carbamates (subject to hydrolysis) is 1. The molecule has 2 N–H and O–H groups in total. The number of carbonyl (C=O) groups is 3.